The monoisotopic (exact) mass is 451 g/mol. The molecular weight excluding hydrogens is 422 g/mol. The molecular formula is C25H29N3O5. The summed E-state index contributed by atoms with van der Waals surface area (Å²) in [5.74, 6) is 1.37. The van der Waals surface area contributed by atoms with E-state index in [1.165, 1.54) is 0 Å². The minimum absolute atomic E-state index is 0.109. The van der Waals surface area contributed by atoms with Crippen LogP contribution in [0.3, 0.4) is 0 Å². The minimum Gasteiger partial charge on any atom is -0.443 e. The average molecular weight is 452 g/mol. The van der Waals surface area contributed by atoms with Crippen LogP contribution < -0.4 is 0 Å². The first-order valence-electron chi connectivity index (χ1n) is 11.5. The van der Waals surface area contributed by atoms with Crippen molar-refractivity contribution in [2.75, 3.05) is 6.61 Å². The number of imidazole rings is 1. The van der Waals surface area contributed by atoms with Crippen molar-refractivity contribution in [2.24, 2.45) is 0 Å². The van der Waals surface area contributed by atoms with E-state index in [2.05, 4.69) is 5.16 Å². The Kier molecular flexibility index (Phi) is 5.16. The molecule has 8 heteroatoms. The predicted molar refractivity (Wildman–Crippen MR) is 122 cm³/mol. The summed E-state index contributed by atoms with van der Waals surface area (Å²) >= 11 is 0. The molecule has 33 heavy (non-hydrogen) atoms. The van der Waals surface area contributed by atoms with Crippen LogP contribution in [0.2, 0.25) is 0 Å². The second-order valence-corrected chi connectivity index (χ2v) is 10.0. The summed E-state index contributed by atoms with van der Waals surface area (Å²) in [4.78, 5) is 31.7. The zero-order valence-electron chi connectivity index (χ0n) is 19.7. The van der Waals surface area contributed by atoms with E-state index in [0.717, 1.165) is 30.4 Å². The van der Waals surface area contributed by atoms with E-state index >= 15 is 0 Å². The molecule has 0 amide bonds. The van der Waals surface area contributed by atoms with Gasteiger partial charge in [0.05, 0.1) is 11.2 Å². The Morgan fingerprint density at radius 2 is 1.91 bits per heavy atom. The Labute approximate surface area is 192 Å². The van der Waals surface area contributed by atoms with Crippen LogP contribution >= 0.6 is 0 Å². The Hall–Kier alpha value is -3.00. The van der Waals surface area contributed by atoms with Crippen molar-refractivity contribution in [3.63, 3.8) is 0 Å². The molecule has 174 valence electrons. The van der Waals surface area contributed by atoms with Gasteiger partial charge in [0.1, 0.15) is 28.8 Å². The molecule has 3 heterocycles. The number of aromatic nitrogens is 3. The molecule has 1 saturated heterocycles. The molecule has 2 aromatic heterocycles. The average Bonchev–Trinajstić information content (AvgIpc) is 3.15. The van der Waals surface area contributed by atoms with Gasteiger partial charge in [-0.2, -0.15) is 0 Å². The molecule has 1 aliphatic carbocycles. The van der Waals surface area contributed by atoms with Crippen LogP contribution in [0, 0.1) is 13.8 Å². The van der Waals surface area contributed by atoms with Gasteiger partial charge in [-0.25, -0.2) is 14.3 Å². The third-order valence-electron chi connectivity index (χ3n) is 6.11. The lowest BCUT2D eigenvalue weighted by Gasteiger charge is -2.20. The normalized spacial score (nSPS) is 18.8. The number of fused-ring (bicyclic) bond motifs is 1. The van der Waals surface area contributed by atoms with Gasteiger partial charge in [-0.15, -0.1) is 0 Å². The highest BCUT2D eigenvalue weighted by Gasteiger charge is 2.36. The Bertz CT molecular complexity index is 1230. The maximum atomic E-state index is 13.5. The third kappa shape index (κ3) is 3.97. The number of carbonyl (C=O) groups is 2. The molecule has 0 bridgehead atoms. The fourth-order valence-corrected chi connectivity index (χ4v) is 4.50. The molecule has 3 aromatic rings. The number of nitrogens with zero attached hydrogens (tertiary/aromatic N) is 3. The lowest BCUT2D eigenvalue weighted by atomic mass is 9.96. The SMILES string of the molecule is Cc1noc(C)c1-c1cc(C(=O)C2CCCO2)c2nc(C3CC3)n(C(=O)OC(C)(C)C)c2c1. The Balaban J connectivity index is 1.77. The van der Waals surface area contributed by atoms with Crippen molar-refractivity contribution < 1.29 is 23.6 Å². The van der Waals surface area contributed by atoms with Crippen LogP contribution in [-0.4, -0.2) is 44.9 Å². The number of Topliss-reactive ketones (excluding diaryl/α,β-unsaturated/α-hetero) is 1. The highest BCUT2D eigenvalue weighted by molar-refractivity contribution is 6.11. The van der Waals surface area contributed by atoms with Crippen molar-refractivity contribution in [3.05, 3.63) is 35.0 Å². The zero-order valence-corrected chi connectivity index (χ0v) is 19.7. The van der Waals surface area contributed by atoms with Gasteiger partial charge in [-0.1, -0.05) is 5.16 Å². The van der Waals surface area contributed by atoms with E-state index in [-0.39, 0.29) is 11.7 Å². The molecule has 0 N–H and O–H groups in total. The van der Waals surface area contributed by atoms with Gasteiger partial charge in [0.15, 0.2) is 5.78 Å². The summed E-state index contributed by atoms with van der Waals surface area (Å²) in [6.07, 6.45) is 2.46. The minimum atomic E-state index is -0.663. The van der Waals surface area contributed by atoms with E-state index in [1.54, 1.807) is 4.57 Å². The molecule has 0 radical (unpaired) electrons. The molecule has 5 rings (SSSR count). The number of rotatable bonds is 4. The van der Waals surface area contributed by atoms with Gasteiger partial charge in [-0.3, -0.25) is 4.79 Å². The van der Waals surface area contributed by atoms with Crippen LogP contribution in [0.5, 0.6) is 0 Å². The van der Waals surface area contributed by atoms with E-state index < -0.39 is 17.8 Å². The van der Waals surface area contributed by atoms with Gasteiger partial charge in [-0.05, 0) is 78.0 Å². The molecule has 1 aliphatic heterocycles. The van der Waals surface area contributed by atoms with E-state index in [1.807, 2.05) is 46.8 Å². The second kappa shape index (κ2) is 7.80. The maximum Gasteiger partial charge on any atom is 0.420 e. The van der Waals surface area contributed by atoms with Crippen molar-refractivity contribution in [3.8, 4) is 11.1 Å². The molecule has 2 fully saturated rings. The second-order valence-electron chi connectivity index (χ2n) is 10.0. The van der Waals surface area contributed by atoms with Crippen molar-refractivity contribution in [1.29, 1.82) is 0 Å². The first kappa shape index (κ1) is 21.8. The van der Waals surface area contributed by atoms with Crippen molar-refractivity contribution in [2.45, 2.75) is 77.9 Å². The number of ether oxygens (including phenoxy) is 2. The number of carbonyl (C=O) groups excluding carboxylic acids is 2. The molecule has 1 unspecified atom stereocenters. The lowest BCUT2D eigenvalue weighted by Crippen LogP contribution is -2.28. The van der Waals surface area contributed by atoms with Crippen molar-refractivity contribution in [1.82, 2.24) is 14.7 Å². The fraction of sp³-hybridized carbons (Fsp3) is 0.520. The largest absolute Gasteiger partial charge is 0.443 e. The maximum absolute atomic E-state index is 13.5. The number of benzene rings is 1. The van der Waals surface area contributed by atoms with Gasteiger partial charge in [0.25, 0.3) is 0 Å². The standard InChI is InChI=1S/C25H29N3O5/c1-13-20(14(2)33-27-13)16-11-17(22(29)19-7-6-10-31-19)21-18(12-16)28(23(26-21)15-8-9-15)24(30)32-25(3,4)5/h11-12,15,19H,6-10H2,1-5H3. The number of hydrogen-bond acceptors (Lipinski definition) is 7. The summed E-state index contributed by atoms with van der Waals surface area (Å²) in [6, 6.07) is 3.72. The third-order valence-corrected chi connectivity index (χ3v) is 6.11. The van der Waals surface area contributed by atoms with Gasteiger partial charge in [0, 0.05) is 23.7 Å². The lowest BCUT2D eigenvalue weighted by molar-refractivity contribution is 0.0538. The highest BCUT2D eigenvalue weighted by atomic mass is 16.6. The predicted octanol–water partition coefficient (Wildman–Crippen LogP) is 5.33. The smallest absolute Gasteiger partial charge is 0.420 e. The number of hydrogen-bond donors (Lipinski definition) is 0. The zero-order chi connectivity index (χ0) is 23.5. The van der Waals surface area contributed by atoms with Crippen LogP contribution in [-0.2, 0) is 9.47 Å². The summed E-state index contributed by atoms with van der Waals surface area (Å²) < 4.78 is 18.4. The van der Waals surface area contributed by atoms with E-state index in [4.69, 9.17) is 19.0 Å². The van der Waals surface area contributed by atoms with Crippen LogP contribution in [0.15, 0.2) is 16.7 Å². The Morgan fingerprint density at radius 3 is 2.48 bits per heavy atom. The molecule has 1 saturated carbocycles. The molecule has 8 nitrogen and oxygen atoms in total. The van der Waals surface area contributed by atoms with Gasteiger partial charge in [0.2, 0.25) is 0 Å². The summed E-state index contributed by atoms with van der Waals surface area (Å²) in [7, 11) is 0. The first-order valence-corrected chi connectivity index (χ1v) is 11.5. The number of ketones is 1. The van der Waals surface area contributed by atoms with E-state index in [9.17, 15) is 9.59 Å². The summed E-state index contributed by atoms with van der Waals surface area (Å²) in [5.41, 5.74) is 3.15. The highest BCUT2D eigenvalue weighted by Crippen LogP contribution is 2.42. The van der Waals surface area contributed by atoms with Crippen LogP contribution in [0.25, 0.3) is 22.2 Å². The quantitative estimate of drug-likeness (QED) is 0.495. The van der Waals surface area contributed by atoms with E-state index in [0.29, 0.717) is 46.9 Å². The van der Waals surface area contributed by atoms with Gasteiger partial charge >= 0.3 is 6.09 Å². The van der Waals surface area contributed by atoms with Crippen molar-refractivity contribution >= 4 is 22.9 Å². The number of aryl methyl sites for hydroxylation is 2. The van der Waals surface area contributed by atoms with Crippen LogP contribution in [0.4, 0.5) is 4.79 Å². The molecule has 0 spiro atoms. The molecule has 1 aromatic carbocycles. The summed E-state index contributed by atoms with van der Waals surface area (Å²) in [6.45, 7) is 9.77. The molecule has 1 atom stereocenters. The van der Waals surface area contributed by atoms with Gasteiger partial charge < -0.3 is 14.0 Å². The topological polar surface area (TPSA) is 96.5 Å². The first-order chi connectivity index (χ1) is 15.6. The van der Waals surface area contributed by atoms with Crippen LogP contribution in [0.1, 0.15) is 80.0 Å². The fourth-order valence-electron chi connectivity index (χ4n) is 4.50. The molecule has 2 aliphatic rings. The Morgan fingerprint density at radius 1 is 1.15 bits per heavy atom. The summed E-state index contributed by atoms with van der Waals surface area (Å²) in [5, 5.41) is 4.08.